The number of alkyl halides is 4. The second kappa shape index (κ2) is 5.95. The van der Waals surface area contributed by atoms with Gasteiger partial charge in [-0.15, -0.1) is 5.10 Å². The second-order valence-corrected chi connectivity index (χ2v) is 5.48. The predicted molar refractivity (Wildman–Crippen MR) is 72.5 cm³/mol. The van der Waals surface area contributed by atoms with Gasteiger partial charge in [-0.2, -0.15) is 13.2 Å². The Morgan fingerprint density at radius 1 is 1.30 bits per heavy atom. The molecule has 0 radical (unpaired) electrons. The van der Waals surface area contributed by atoms with Crippen LogP contribution < -0.4 is 0 Å². The van der Waals surface area contributed by atoms with Crippen LogP contribution in [0.25, 0.3) is 0 Å². The van der Waals surface area contributed by atoms with E-state index in [-0.39, 0.29) is 16.9 Å². The van der Waals surface area contributed by atoms with E-state index >= 15 is 0 Å². The van der Waals surface area contributed by atoms with Gasteiger partial charge in [-0.3, -0.25) is 0 Å². The summed E-state index contributed by atoms with van der Waals surface area (Å²) in [6, 6.07) is 5.49. The lowest BCUT2D eigenvalue weighted by molar-refractivity contribution is -0.138. The van der Waals surface area contributed by atoms with Gasteiger partial charge in [-0.05, 0) is 18.1 Å². The molecule has 1 atom stereocenters. The van der Waals surface area contributed by atoms with Gasteiger partial charge < -0.3 is 0 Å². The lowest BCUT2D eigenvalue weighted by Crippen LogP contribution is -2.11. The molecule has 3 nitrogen and oxygen atoms in total. The zero-order valence-electron chi connectivity index (χ0n) is 10.7. The highest BCUT2D eigenvalue weighted by atomic mass is 79.9. The summed E-state index contributed by atoms with van der Waals surface area (Å²) < 4.78 is 40.1. The molecule has 0 spiro atoms. The Morgan fingerprint density at radius 3 is 2.65 bits per heavy atom. The fourth-order valence-electron chi connectivity index (χ4n) is 1.85. The average molecular weight is 348 g/mol. The zero-order valence-corrected chi connectivity index (χ0v) is 12.3. The minimum atomic E-state index is -4.36. The molecule has 2 aromatic rings. The lowest BCUT2D eigenvalue weighted by Gasteiger charge is -2.12. The molecule has 0 saturated carbocycles. The molecule has 1 aromatic carbocycles. The Kier molecular flexibility index (Phi) is 4.47. The molecule has 0 bridgehead atoms. The molecule has 0 aliphatic rings. The van der Waals surface area contributed by atoms with Crippen LogP contribution >= 0.6 is 15.9 Å². The first-order chi connectivity index (χ1) is 9.41. The topological polar surface area (TPSA) is 30.7 Å². The molecule has 0 N–H and O–H groups in total. The van der Waals surface area contributed by atoms with Gasteiger partial charge in [0.25, 0.3) is 0 Å². The second-order valence-electron chi connectivity index (χ2n) is 4.37. The first-order valence-electron chi connectivity index (χ1n) is 6.11. The van der Waals surface area contributed by atoms with Gasteiger partial charge in [-0.25, -0.2) is 4.68 Å². The van der Waals surface area contributed by atoms with Crippen molar-refractivity contribution in [2.45, 2.75) is 30.9 Å². The van der Waals surface area contributed by atoms with E-state index in [1.165, 1.54) is 16.8 Å². The fourth-order valence-corrected chi connectivity index (χ4v) is 2.06. The van der Waals surface area contributed by atoms with Crippen molar-refractivity contribution in [2.24, 2.45) is 0 Å². The van der Waals surface area contributed by atoms with E-state index in [1.807, 2.05) is 6.92 Å². The van der Waals surface area contributed by atoms with E-state index in [1.54, 1.807) is 12.3 Å². The number of rotatable bonds is 4. The molecule has 0 saturated heterocycles. The Hall–Kier alpha value is -1.37. The van der Waals surface area contributed by atoms with Crippen LogP contribution in [0.2, 0.25) is 0 Å². The highest BCUT2D eigenvalue weighted by Gasteiger charge is 2.32. The van der Waals surface area contributed by atoms with Gasteiger partial charge in [0, 0.05) is 6.20 Å². The number of benzene rings is 1. The van der Waals surface area contributed by atoms with E-state index in [2.05, 4.69) is 26.2 Å². The fraction of sp³-hybridized carbons (Fsp3) is 0.385. The third kappa shape index (κ3) is 3.39. The maximum Gasteiger partial charge on any atom is 0.416 e. The molecular weight excluding hydrogens is 335 g/mol. The molecule has 1 heterocycles. The van der Waals surface area contributed by atoms with Crippen molar-refractivity contribution in [2.75, 3.05) is 0 Å². The van der Waals surface area contributed by atoms with Crippen LogP contribution in [-0.2, 0) is 12.7 Å². The third-order valence-electron chi connectivity index (χ3n) is 2.89. The summed E-state index contributed by atoms with van der Waals surface area (Å²) in [4.78, 5) is 0.0640. The molecule has 108 valence electrons. The Bertz CT molecular complexity index is 580. The van der Waals surface area contributed by atoms with Crippen LogP contribution in [0.5, 0.6) is 0 Å². The first-order valence-corrected chi connectivity index (χ1v) is 7.02. The molecule has 0 amide bonds. The van der Waals surface area contributed by atoms with Crippen LogP contribution in [0.3, 0.4) is 0 Å². The number of hydrogen-bond acceptors (Lipinski definition) is 2. The normalized spacial score (nSPS) is 13.4. The summed E-state index contributed by atoms with van der Waals surface area (Å²) in [5.74, 6) is 0. The highest BCUT2D eigenvalue weighted by molar-refractivity contribution is 9.09. The SMILES string of the molecule is CCC(Br)c1cn(Cc2ccccc2C(F)(F)F)nn1. The molecule has 20 heavy (non-hydrogen) atoms. The van der Waals surface area contributed by atoms with Crippen LogP contribution in [0.4, 0.5) is 13.2 Å². The number of hydrogen-bond donors (Lipinski definition) is 0. The molecule has 0 fully saturated rings. The maximum absolute atomic E-state index is 12.9. The molecule has 1 aromatic heterocycles. The standard InChI is InChI=1S/C13H13BrF3N3/c1-2-11(14)12-8-20(19-18-12)7-9-5-3-4-6-10(9)13(15,16)17/h3-6,8,11H,2,7H2,1H3. The molecule has 2 rings (SSSR count). The summed E-state index contributed by atoms with van der Waals surface area (Å²) in [6.45, 7) is 2.03. The predicted octanol–water partition coefficient (Wildman–Crippen LogP) is 4.19. The number of halogens is 4. The van der Waals surface area contributed by atoms with Crippen LogP contribution in [0.1, 0.15) is 35.0 Å². The highest BCUT2D eigenvalue weighted by Crippen LogP contribution is 2.32. The van der Waals surface area contributed by atoms with Gasteiger partial charge in [0.05, 0.1) is 22.6 Å². The van der Waals surface area contributed by atoms with Crippen molar-refractivity contribution < 1.29 is 13.2 Å². The molecular formula is C13H13BrF3N3. The number of aromatic nitrogens is 3. The van der Waals surface area contributed by atoms with Crippen molar-refractivity contribution in [3.05, 3.63) is 47.3 Å². The first kappa shape index (κ1) is 15.0. The number of nitrogens with zero attached hydrogens (tertiary/aromatic N) is 3. The van der Waals surface area contributed by atoms with Crippen molar-refractivity contribution in [3.63, 3.8) is 0 Å². The molecule has 0 aliphatic heterocycles. The summed E-state index contributed by atoms with van der Waals surface area (Å²) in [5, 5.41) is 7.83. The van der Waals surface area contributed by atoms with Gasteiger partial charge in [-0.1, -0.05) is 46.3 Å². The maximum atomic E-state index is 12.9. The van der Waals surface area contributed by atoms with Crippen molar-refractivity contribution in [3.8, 4) is 0 Å². The molecule has 1 unspecified atom stereocenters. The van der Waals surface area contributed by atoms with E-state index in [9.17, 15) is 13.2 Å². The monoisotopic (exact) mass is 347 g/mol. The van der Waals surface area contributed by atoms with Gasteiger partial charge >= 0.3 is 6.18 Å². The summed E-state index contributed by atoms with van der Waals surface area (Å²) in [7, 11) is 0. The van der Waals surface area contributed by atoms with Crippen LogP contribution in [-0.4, -0.2) is 15.0 Å². The average Bonchev–Trinajstić information content (AvgIpc) is 2.86. The van der Waals surface area contributed by atoms with E-state index < -0.39 is 11.7 Å². The minimum Gasteiger partial charge on any atom is -0.248 e. The van der Waals surface area contributed by atoms with Gasteiger partial charge in [0.1, 0.15) is 0 Å². The van der Waals surface area contributed by atoms with E-state index in [4.69, 9.17) is 0 Å². The molecule has 0 aliphatic carbocycles. The summed E-state index contributed by atoms with van der Waals surface area (Å²) >= 11 is 3.43. The van der Waals surface area contributed by atoms with Crippen molar-refractivity contribution >= 4 is 15.9 Å². The van der Waals surface area contributed by atoms with Gasteiger partial charge in [0.2, 0.25) is 0 Å². The van der Waals surface area contributed by atoms with Crippen LogP contribution in [0.15, 0.2) is 30.5 Å². The quantitative estimate of drug-likeness (QED) is 0.776. The van der Waals surface area contributed by atoms with Gasteiger partial charge in [0.15, 0.2) is 0 Å². The summed E-state index contributed by atoms with van der Waals surface area (Å²) in [5.41, 5.74) is 0.263. The Morgan fingerprint density at radius 2 is 2.00 bits per heavy atom. The van der Waals surface area contributed by atoms with Crippen molar-refractivity contribution in [1.82, 2.24) is 15.0 Å². The Labute approximate surface area is 122 Å². The minimum absolute atomic E-state index is 0.0477. The summed E-state index contributed by atoms with van der Waals surface area (Å²) in [6.07, 6.45) is -1.87. The van der Waals surface area contributed by atoms with Crippen LogP contribution in [0, 0.1) is 0 Å². The van der Waals surface area contributed by atoms with Crippen molar-refractivity contribution in [1.29, 1.82) is 0 Å². The smallest absolute Gasteiger partial charge is 0.248 e. The molecule has 7 heteroatoms. The van der Waals surface area contributed by atoms with E-state index in [0.29, 0.717) is 0 Å². The van der Waals surface area contributed by atoms with E-state index in [0.717, 1.165) is 18.2 Å². The zero-order chi connectivity index (χ0) is 14.8. The third-order valence-corrected chi connectivity index (χ3v) is 4.01. The largest absolute Gasteiger partial charge is 0.416 e. The Balaban J connectivity index is 2.25. The lowest BCUT2D eigenvalue weighted by atomic mass is 10.1.